The van der Waals surface area contributed by atoms with Crippen LogP contribution in [0.4, 0.5) is 0 Å². The molecule has 0 aliphatic carbocycles. The first-order valence-corrected chi connectivity index (χ1v) is 7.38. The smallest absolute Gasteiger partial charge is 0.0940 e. The van der Waals surface area contributed by atoms with Gasteiger partial charge in [-0.2, -0.15) is 0 Å². The predicted molar refractivity (Wildman–Crippen MR) is 76.1 cm³/mol. The van der Waals surface area contributed by atoms with Crippen LogP contribution in [-0.4, -0.2) is 102 Å². The van der Waals surface area contributed by atoms with Crippen molar-refractivity contribution >= 4 is 0 Å². The van der Waals surface area contributed by atoms with Gasteiger partial charge in [0.25, 0.3) is 0 Å². The van der Waals surface area contributed by atoms with Gasteiger partial charge in [0.1, 0.15) is 0 Å². The van der Waals surface area contributed by atoms with Crippen molar-refractivity contribution in [3.63, 3.8) is 0 Å². The first-order valence-electron chi connectivity index (χ1n) is 7.38. The Bertz CT molecular complexity index is 280. The fraction of sp³-hybridized carbons (Fsp3) is 1.00. The van der Waals surface area contributed by atoms with E-state index in [0.29, 0.717) is 19.8 Å². The van der Waals surface area contributed by atoms with E-state index >= 15 is 0 Å². The lowest BCUT2D eigenvalue weighted by molar-refractivity contribution is -0.136. The molecule has 1 unspecified atom stereocenters. The van der Waals surface area contributed by atoms with Gasteiger partial charge >= 0.3 is 0 Å². The fourth-order valence-electron chi connectivity index (χ4n) is 2.80. The minimum absolute atomic E-state index is 0.121. The Labute approximate surface area is 121 Å². The van der Waals surface area contributed by atoms with E-state index in [2.05, 4.69) is 23.9 Å². The molecule has 0 bridgehead atoms. The van der Waals surface area contributed by atoms with Gasteiger partial charge in [0.15, 0.2) is 0 Å². The second kappa shape index (κ2) is 8.26. The zero-order valence-corrected chi connectivity index (χ0v) is 12.9. The second-order valence-corrected chi connectivity index (χ2v) is 5.85. The number of rotatable bonds is 6. The van der Waals surface area contributed by atoms with Gasteiger partial charge in [-0.05, 0) is 14.1 Å². The first kappa shape index (κ1) is 16.1. The van der Waals surface area contributed by atoms with Crippen LogP contribution in [0.15, 0.2) is 0 Å². The molecular weight excluding hydrogens is 260 g/mol. The molecule has 2 aliphatic rings. The van der Waals surface area contributed by atoms with Crippen LogP contribution >= 0.6 is 0 Å². The van der Waals surface area contributed by atoms with Crippen LogP contribution in [0.5, 0.6) is 0 Å². The number of ether oxygens (including phenoxy) is 4. The number of likely N-dealkylation sites (N-methyl/N-ethyl adjacent to an activating group) is 2. The van der Waals surface area contributed by atoms with Crippen LogP contribution in [0.2, 0.25) is 0 Å². The van der Waals surface area contributed by atoms with Gasteiger partial charge in [-0.25, -0.2) is 0 Å². The van der Waals surface area contributed by atoms with Crippen molar-refractivity contribution < 1.29 is 18.9 Å². The molecule has 0 N–H and O–H groups in total. The summed E-state index contributed by atoms with van der Waals surface area (Å²) in [6, 6.07) is 0. The summed E-state index contributed by atoms with van der Waals surface area (Å²) in [4.78, 5) is 4.54. The van der Waals surface area contributed by atoms with E-state index in [4.69, 9.17) is 18.9 Å². The molecule has 0 aromatic heterocycles. The van der Waals surface area contributed by atoms with Gasteiger partial charge in [-0.15, -0.1) is 0 Å². The molecule has 6 nitrogen and oxygen atoms in total. The maximum Gasteiger partial charge on any atom is 0.0940 e. The molecule has 20 heavy (non-hydrogen) atoms. The Morgan fingerprint density at radius 1 is 0.950 bits per heavy atom. The second-order valence-electron chi connectivity index (χ2n) is 5.85. The third-order valence-electron chi connectivity index (χ3n) is 3.72. The molecule has 3 atom stereocenters. The molecule has 2 aliphatic heterocycles. The van der Waals surface area contributed by atoms with Crippen molar-refractivity contribution in [3.8, 4) is 0 Å². The molecular formula is C14H28N2O4. The molecule has 2 fully saturated rings. The van der Waals surface area contributed by atoms with Crippen molar-refractivity contribution in [2.45, 2.75) is 18.3 Å². The highest BCUT2D eigenvalue weighted by atomic mass is 16.6. The lowest BCUT2D eigenvalue weighted by atomic mass is 10.2. The molecule has 0 radical (unpaired) electrons. The van der Waals surface area contributed by atoms with E-state index in [1.165, 1.54) is 0 Å². The van der Waals surface area contributed by atoms with E-state index < -0.39 is 0 Å². The summed E-state index contributed by atoms with van der Waals surface area (Å²) in [6.07, 6.45) is 0.449. The van der Waals surface area contributed by atoms with Crippen LogP contribution in [0, 0.1) is 0 Å². The Kier molecular flexibility index (Phi) is 6.67. The lowest BCUT2D eigenvalue weighted by Gasteiger charge is -2.36. The average Bonchev–Trinajstić information content (AvgIpc) is 2.38. The number of nitrogens with zero attached hydrogens (tertiary/aromatic N) is 2. The summed E-state index contributed by atoms with van der Waals surface area (Å²) in [5.41, 5.74) is 0. The molecule has 0 spiro atoms. The first-order chi connectivity index (χ1) is 9.67. The largest absolute Gasteiger partial charge is 0.382 e. The summed E-state index contributed by atoms with van der Waals surface area (Å²) in [7, 11) is 5.93. The minimum atomic E-state index is 0.121. The lowest BCUT2D eigenvalue weighted by Crippen LogP contribution is -2.49. The van der Waals surface area contributed by atoms with Crippen LogP contribution < -0.4 is 0 Å². The van der Waals surface area contributed by atoms with Gasteiger partial charge in [0.2, 0.25) is 0 Å². The van der Waals surface area contributed by atoms with Crippen LogP contribution in [0.3, 0.4) is 0 Å². The Balaban J connectivity index is 1.65. The molecule has 0 aromatic carbocycles. The third-order valence-corrected chi connectivity index (χ3v) is 3.72. The monoisotopic (exact) mass is 288 g/mol. The van der Waals surface area contributed by atoms with E-state index in [1.807, 2.05) is 0 Å². The third kappa shape index (κ3) is 5.27. The van der Waals surface area contributed by atoms with Crippen molar-refractivity contribution in [1.29, 1.82) is 0 Å². The average molecular weight is 288 g/mol. The van der Waals surface area contributed by atoms with Crippen LogP contribution in [0.25, 0.3) is 0 Å². The van der Waals surface area contributed by atoms with Gasteiger partial charge in [-0.3, -0.25) is 0 Å². The topological polar surface area (TPSA) is 43.4 Å². The molecule has 2 rings (SSSR count). The highest BCUT2D eigenvalue weighted by Gasteiger charge is 2.26. The van der Waals surface area contributed by atoms with Crippen molar-refractivity contribution in [3.05, 3.63) is 0 Å². The number of methoxy groups -OCH3 is 1. The summed E-state index contributed by atoms with van der Waals surface area (Å²) < 4.78 is 22.6. The highest BCUT2D eigenvalue weighted by molar-refractivity contribution is 4.76. The maximum atomic E-state index is 5.96. The number of morpholine rings is 2. The zero-order valence-electron chi connectivity index (χ0n) is 12.9. The Morgan fingerprint density at radius 3 is 2.30 bits per heavy atom. The summed E-state index contributed by atoms with van der Waals surface area (Å²) in [6.45, 7) is 6.47. The normalized spacial score (nSPS) is 33.5. The molecule has 2 heterocycles. The zero-order chi connectivity index (χ0) is 14.4. The molecule has 2 saturated heterocycles. The maximum absolute atomic E-state index is 5.96. The van der Waals surface area contributed by atoms with Crippen LogP contribution in [0.1, 0.15) is 0 Å². The van der Waals surface area contributed by atoms with E-state index in [-0.39, 0.29) is 18.3 Å². The summed E-state index contributed by atoms with van der Waals surface area (Å²) >= 11 is 0. The molecule has 6 heteroatoms. The van der Waals surface area contributed by atoms with Crippen molar-refractivity contribution in [1.82, 2.24) is 9.80 Å². The van der Waals surface area contributed by atoms with E-state index in [9.17, 15) is 0 Å². The SMILES string of the molecule is COC[C@H]1CN(C)CC(COC[C@@H]2CN(C)CCO2)O1. The van der Waals surface area contributed by atoms with Gasteiger partial charge in [0.05, 0.1) is 44.7 Å². The fourth-order valence-corrected chi connectivity index (χ4v) is 2.80. The summed E-state index contributed by atoms with van der Waals surface area (Å²) in [5, 5.41) is 0. The molecule has 0 saturated carbocycles. The standard InChI is InChI=1S/C14H28N2O4/c1-15-4-5-19-12(6-15)10-18-11-14-8-16(2)7-13(20-14)9-17-3/h12-14H,4-11H2,1-3H3/t12-,13+,14?/m0/s1. The van der Waals surface area contributed by atoms with Gasteiger partial charge < -0.3 is 28.7 Å². The quantitative estimate of drug-likeness (QED) is 0.667. The minimum Gasteiger partial charge on any atom is -0.382 e. The molecule has 0 aromatic rings. The van der Waals surface area contributed by atoms with E-state index in [0.717, 1.165) is 32.8 Å². The van der Waals surface area contributed by atoms with Crippen LogP contribution in [-0.2, 0) is 18.9 Å². The number of hydrogen-bond donors (Lipinski definition) is 0. The Morgan fingerprint density at radius 2 is 1.60 bits per heavy atom. The number of hydrogen-bond acceptors (Lipinski definition) is 6. The van der Waals surface area contributed by atoms with E-state index in [1.54, 1.807) is 7.11 Å². The molecule has 0 amide bonds. The summed E-state index contributed by atoms with van der Waals surface area (Å²) in [5.74, 6) is 0. The molecule has 118 valence electrons. The van der Waals surface area contributed by atoms with Gasteiger partial charge in [0, 0.05) is 33.3 Å². The highest BCUT2D eigenvalue weighted by Crippen LogP contribution is 2.11. The van der Waals surface area contributed by atoms with Crippen molar-refractivity contribution in [2.75, 3.05) is 73.8 Å². The van der Waals surface area contributed by atoms with Gasteiger partial charge in [-0.1, -0.05) is 0 Å². The predicted octanol–water partition coefficient (Wildman–Crippen LogP) is -0.321. The Hall–Kier alpha value is -0.240. The van der Waals surface area contributed by atoms with Crippen molar-refractivity contribution in [2.24, 2.45) is 0 Å².